The predicted molar refractivity (Wildman–Crippen MR) is 68.6 cm³/mol. The largest absolute Gasteiger partial charge is 0.478 e. The standard InChI is InChI=1S/C13H15N3O2/c1-2-16-10(7-8-15-16)9-14-12-6-4-3-5-11(12)13(17)18/h3-8,14H,2,9H2,1H3,(H,17,18). The van der Waals surface area contributed by atoms with Gasteiger partial charge in [-0.3, -0.25) is 4.68 Å². The zero-order valence-corrected chi connectivity index (χ0v) is 10.1. The number of rotatable bonds is 5. The zero-order valence-electron chi connectivity index (χ0n) is 10.1. The number of aromatic nitrogens is 2. The van der Waals surface area contributed by atoms with Crippen molar-refractivity contribution in [3.05, 3.63) is 47.8 Å². The maximum Gasteiger partial charge on any atom is 0.337 e. The number of carbonyl (C=O) groups is 1. The minimum atomic E-state index is -0.929. The maximum atomic E-state index is 11.0. The number of benzene rings is 1. The van der Waals surface area contributed by atoms with Crippen molar-refractivity contribution < 1.29 is 9.90 Å². The molecule has 0 saturated carbocycles. The summed E-state index contributed by atoms with van der Waals surface area (Å²) in [6, 6.07) is 8.79. The third-order valence-electron chi connectivity index (χ3n) is 2.72. The number of anilines is 1. The lowest BCUT2D eigenvalue weighted by Crippen LogP contribution is -2.10. The number of aromatic carboxylic acids is 1. The topological polar surface area (TPSA) is 67.2 Å². The molecule has 0 amide bonds. The normalized spacial score (nSPS) is 10.3. The Balaban J connectivity index is 2.13. The summed E-state index contributed by atoms with van der Waals surface area (Å²) in [5.41, 5.74) is 1.92. The molecule has 94 valence electrons. The first-order valence-corrected chi connectivity index (χ1v) is 5.79. The molecule has 1 aromatic heterocycles. The molecule has 2 aromatic rings. The smallest absolute Gasteiger partial charge is 0.337 e. The second kappa shape index (κ2) is 5.35. The number of carboxylic acids is 1. The van der Waals surface area contributed by atoms with Crippen LogP contribution < -0.4 is 5.32 Å². The minimum Gasteiger partial charge on any atom is -0.478 e. The van der Waals surface area contributed by atoms with Gasteiger partial charge in [0.1, 0.15) is 0 Å². The van der Waals surface area contributed by atoms with Crippen LogP contribution in [0.4, 0.5) is 5.69 Å². The molecule has 0 fully saturated rings. The first-order valence-electron chi connectivity index (χ1n) is 5.79. The van der Waals surface area contributed by atoms with E-state index in [9.17, 15) is 4.79 Å². The number of para-hydroxylation sites is 1. The highest BCUT2D eigenvalue weighted by atomic mass is 16.4. The number of carboxylic acid groups (broad SMARTS) is 1. The van der Waals surface area contributed by atoms with Crippen molar-refractivity contribution in [3.63, 3.8) is 0 Å². The molecule has 1 heterocycles. The number of nitrogens with one attached hydrogen (secondary N) is 1. The van der Waals surface area contributed by atoms with Gasteiger partial charge in [0.15, 0.2) is 0 Å². The molecule has 0 aliphatic rings. The Bertz CT molecular complexity index is 549. The van der Waals surface area contributed by atoms with Crippen molar-refractivity contribution in [3.8, 4) is 0 Å². The van der Waals surface area contributed by atoms with E-state index < -0.39 is 5.97 Å². The average molecular weight is 245 g/mol. The summed E-state index contributed by atoms with van der Waals surface area (Å²) in [6.45, 7) is 3.37. The maximum absolute atomic E-state index is 11.0. The highest BCUT2D eigenvalue weighted by Crippen LogP contribution is 2.16. The first kappa shape index (κ1) is 12.2. The molecule has 0 aliphatic carbocycles. The highest BCUT2D eigenvalue weighted by molar-refractivity contribution is 5.94. The summed E-state index contributed by atoms with van der Waals surface area (Å²) < 4.78 is 1.87. The molecule has 0 aliphatic heterocycles. The molecule has 1 aromatic carbocycles. The molecule has 0 spiro atoms. The number of hydrogen-bond acceptors (Lipinski definition) is 3. The van der Waals surface area contributed by atoms with Crippen LogP contribution in [-0.4, -0.2) is 20.9 Å². The molecule has 5 heteroatoms. The van der Waals surface area contributed by atoms with Crippen LogP contribution >= 0.6 is 0 Å². The second-order valence-corrected chi connectivity index (χ2v) is 3.84. The van der Waals surface area contributed by atoms with E-state index in [2.05, 4.69) is 10.4 Å². The Morgan fingerprint density at radius 3 is 2.89 bits per heavy atom. The fourth-order valence-corrected chi connectivity index (χ4v) is 1.80. The van der Waals surface area contributed by atoms with Gasteiger partial charge in [0, 0.05) is 18.4 Å². The summed E-state index contributed by atoms with van der Waals surface area (Å²) in [6.07, 6.45) is 1.74. The van der Waals surface area contributed by atoms with E-state index in [1.807, 2.05) is 23.7 Å². The van der Waals surface area contributed by atoms with Gasteiger partial charge in [-0.2, -0.15) is 5.10 Å². The average Bonchev–Trinajstić information content (AvgIpc) is 2.84. The van der Waals surface area contributed by atoms with Crippen molar-refractivity contribution in [2.75, 3.05) is 5.32 Å². The van der Waals surface area contributed by atoms with Gasteiger partial charge in [-0.05, 0) is 25.1 Å². The summed E-state index contributed by atoms with van der Waals surface area (Å²) >= 11 is 0. The molecule has 2 N–H and O–H groups in total. The van der Waals surface area contributed by atoms with Crippen molar-refractivity contribution in [1.29, 1.82) is 0 Å². The van der Waals surface area contributed by atoms with Crippen molar-refractivity contribution in [1.82, 2.24) is 9.78 Å². The lowest BCUT2D eigenvalue weighted by molar-refractivity contribution is 0.0698. The third kappa shape index (κ3) is 2.51. The highest BCUT2D eigenvalue weighted by Gasteiger charge is 2.09. The molecule has 0 saturated heterocycles. The predicted octanol–water partition coefficient (Wildman–Crippen LogP) is 2.21. The monoisotopic (exact) mass is 245 g/mol. The molecular formula is C13H15N3O2. The molecule has 2 rings (SSSR count). The second-order valence-electron chi connectivity index (χ2n) is 3.84. The molecular weight excluding hydrogens is 230 g/mol. The zero-order chi connectivity index (χ0) is 13.0. The van der Waals surface area contributed by atoms with Gasteiger partial charge in [0.25, 0.3) is 0 Å². The molecule has 0 unspecified atom stereocenters. The molecule has 0 bridgehead atoms. The first-order chi connectivity index (χ1) is 8.72. The Hall–Kier alpha value is -2.30. The van der Waals surface area contributed by atoms with Crippen LogP contribution in [0.1, 0.15) is 23.0 Å². The lowest BCUT2D eigenvalue weighted by atomic mass is 10.2. The van der Waals surface area contributed by atoms with Crippen LogP contribution in [0.15, 0.2) is 36.5 Å². The van der Waals surface area contributed by atoms with Gasteiger partial charge < -0.3 is 10.4 Å². The van der Waals surface area contributed by atoms with Crippen LogP contribution in [0.3, 0.4) is 0 Å². The Kier molecular flexibility index (Phi) is 3.62. The molecule has 0 radical (unpaired) electrons. The van der Waals surface area contributed by atoms with Gasteiger partial charge >= 0.3 is 5.97 Å². The van der Waals surface area contributed by atoms with Crippen LogP contribution in [0, 0.1) is 0 Å². The van der Waals surface area contributed by atoms with Gasteiger partial charge in [-0.15, -0.1) is 0 Å². The van der Waals surface area contributed by atoms with E-state index in [0.29, 0.717) is 12.2 Å². The summed E-state index contributed by atoms with van der Waals surface area (Å²) in [5.74, 6) is -0.929. The summed E-state index contributed by atoms with van der Waals surface area (Å²) in [5, 5.41) is 16.4. The summed E-state index contributed by atoms with van der Waals surface area (Å²) in [7, 11) is 0. The van der Waals surface area contributed by atoms with Gasteiger partial charge in [-0.1, -0.05) is 12.1 Å². The van der Waals surface area contributed by atoms with Gasteiger partial charge in [0.2, 0.25) is 0 Å². The Morgan fingerprint density at radius 1 is 1.39 bits per heavy atom. The van der Waals surface area contributed by atoms with E-state index in [-0.39, 0.29) is 5.56 Å². The number of hydrogen-bond donors (Lipinski definition) is 2. The van der Waals surface area contributed by atoms with Gasteiger partial charge in [-0.25, -0.2) is 4.79 Å². The molecule has 0 atom stereocenters. The van der Waals surface area contributed by atoms with Crippen LogP contribution in [-0.2, 0) is 13.1 Å². The molecule has 5 nitrogen and oxygen atoms in total. The SMILES string of the molecule is CCn1nccc1CNc1ccccc1C(=O)O. The fraction of sp³-hybridized carbons (Fsp3) is 0.231. The number of aryl methyl sites for hydroxylation is 1. The summed E-state index contributed by atoms with van der Waals surface area (Å²) in [4.78, 5) is 11.0. The Morgan fingerprint density at radius 2 is 2.17 bits per heavy atom. The van der Waals surface area contributed by atoms with E-state index in [4.69, 9.17) is 5.11 Å². The van der Waals surface area contributed by atoms with Gasteiger partial charge in [0.05, 0.1) is 17.8 Å². The van der Waals surface area contributed by atoms with Crippen molar-refractivity contribution in [2.24, 2.45) is 0 Å². The number of nitrogens with zero attached hydrogens (tertiary/aromatic N) is 2. The van der Waals surface area contributed by atoms with E-state index in [1.165, 1.54) is 0 Å². The minimum absolute atomic E-state index is 0.278. The van der Waals surface area contributed by atoms with E-state index in [0.717, 1.165) is 12.2 Å². The molecule has 18 heavy (non-hydrogen) atoms. The van der Waals surface area contributed by atoms with E-state index in [1.54, 1.807) is 24.4 Å². The quantitative estimate of drug-likeness (QED) is 0.847. The Labute approximate surface area is 105 Å². The van der Waals surface area contributed by atoms with Crippen molar-refractivity contribution in [2.45, 2.75) is 20.0 Å². The van der Waals surface area contributed by atoms with Crippen LogP contribution in [0.2, 0.25) is 0 Å². The van der Waals surface area contributed by atoms with Crippen LogP contribution in [0.5, 0.6) is 0 Å². The van der Waals surface area contributed by atoms with E-state index >= 15 is 0 Å². The fourth-order valence-electron chi connectivity index (χ4n) is 1.80. The van der Waals surface area contributed by atoms with Crippen LogP contribution in [0.25, 0.3) is 0 Å². The lowest BCUT2D eigenvalue weighted by Gasteiger charge is -2.10. The van der Waals surface area contributed by atoms with Crippen molar-refractivity contribution >= 4 is 11.7 Å². The third-order valence-corrected chi connectivity index (χ3v) is 2.72.